The van der Waals surface area contributed by atoms with E-state index in [-0.39, 0.29) is 18.3 Å². The Labute approximate surface area is 120 Å². The third-order valence-corrected chi connectivity index (χ3v) is 2.15. The summed E-state index contributed by atoms with van der Waals surface area (Å²) in [6.45, 7) is 0.378. The zero-order valence-electron chi connectivity index (χ0n) is 11.7. The maximum Gasteiger partial charge on any atom is 0.295 e. The van der Waals surface area contributed by atoms with Crippen LogP contribution < -0.4 is 22.6 Å². The van der Waals surface area contributed by atoms with Gasteiger partial charge in [0.2, 0.25) is 0 Å². The molecular weight excluding hydrogens is 266 g/mol. The van der Waals surface area contributed by atoms with E-state index in [1.165, 1.54) is 0 Å². The van der Waals surface area contributed by atoms with Crippen molar-refractivity contribution in [1.82, 2.24) is 5.43 Å². The van der Waals surface area contributed by atoms with Gasteiger partial charge in [-0.2, -0.15) is 5.10 Å². The number of benzene rings is 1. The zero-order chi connectivity index (χ0) is 13.6. The number of halogens is 1. The van der Waals surface area contributed by atoms with Gasteiger partial charge < -0.3 is 21.6 Å². The fourth-order valence-electron chi connectivity index (χ4n) is 1.41. The van der Waals surface area contributed by atoms with Gasteiger partial charge in [-0.1, -0.05) is 12.1 Å². The Bertz CT molecular complexity index is 442. The van der Waals surface area contributed by atoms with Crippen LogP contribution in [-0.4, -0.2) is 51.4 Å². The number of carbonyl (C=O) groups is 1. The summed E-state index contributed by atoms with van der Waals surface area (Å²) in [5, 5.41) is 3.92. The van der Waals surface area contributed by atoms with E-state index in [9.17, 15) is 4.79 Å². The average Bonchev–Trinajstić information content (AvgIpc) is 2.27. The summed E-state index contributed by atoms with van der Waals surface area (Å²) in [5.41, 5.74) is 3.32. The van der Waals surface area contributed by atoms with Gasteiger partial charge in [-0.3, -0.25) is 4.79 Å². The van der Waals surface area contributed by atoms with Gasteiger partial charge in [0.05, 0.1) is 34.5 Å². The molecule has 0 aliphatic heterocycles. The van der Waals surface area contributed by atoms with Gasteiger partial charge in [0, 0.05) is 5.56 Å². The summed E-state index contributed by atoms with van der Waals surface area (Å²) >= 11 is 0. The molecular formula is C13H20ClN3O2. The van der Waals surface area contributed by atoms with Gasteiger partial charge >= 0.3 is 0 Å². The highest BCUT2D eigenvalue weighted by Crippen LogP contribution is 2.14. The van der Waals surface area contributed by atoms with Crippen molar-refractivity contribution in [2.45, 2.75) is 0 Å². The minimum atomic E-state index is -0.117. The zero-order valence-corrected chi connectivity index (χ0v) is 12.4. The Morgan fingerprint density at radius 2 is 2.00 bits per heavy atom. The van der Waals surface area contributed by atoms with Crippen molar-refractivity contribution < 1.29 is 26.4 Å². The quantitative estimate of drug-likeness (QED) is 0.381. The van der Waals surface area contributed by atoms with Crippen molar-refractivity contribution in [2.75, 3.05) is 34.8 Å². The number of nitrogens with zero attached hydrogens (tertiary/aromatic N) is 2. The van der Waals surface area contributed by atoms with Crippen LogP contribution >= 0.6 is 0 Å². The van der Waals surface area contributed by atoms with Crippen LogP contribution in [0.1, 0.15) is 5.56 Å². The highest BCUT2D eigenvalue weighted by molar-refractivity contribution is 5.85. The van der Waals surface area contributed by atoms with E-state index in [1.807, 2.05) is 45.4 Å². The maximum absolute atomic E-state index is 11.5. The molecule has 0 aromatic heterocycles. The fourth-order valence-corrected chi connectivity index (χ4v) is 1.41. The van der Waals surface area contributed by atoms with Crippen molar-refractivity contribution in [3.63, 3.8) is 0 Å². The molecule has 1 aromatic carbocycles. The molecule has 0 aliphatic carbocycles. The number of hydrazone groups is 1. The summed E-state index contributed by atoms with van der Waals surface area (Å²) in [6.07, 6.45) is 1.58. The standard InChI is InChI=1S/C13H19N3O2.ClH/c1-16(2,3)10-13(17)15-14-9-11-7-5-6-8-12(11)18-4;/h5-9H,10H2,1-4H3;1H/b14-9-;. The molecule has 106 valence electrons. The first-order valence-electron chi connectivity index (χ1n) is 5.68. The van der Waals surface area contributed by atoms with Crippen molar-refractivity contribution in [2.24, 2.45) is 5.10 Å². The van der Waals surface area contributed by atoms with Crippen molar-refractivity contribution in [3.05, 3.63) is 29.8 Å². The number of hydrogen-bond donors (Lipinski definition) is 1. The van der Waals surface area contributed by atoms with E-state index in [4.69, 9.17) is 4.74 Å². The largest absolute Gasteiger partial charge is 1.00 e. The van der Waals surface area contributed by atoms with Crippen LogP contribution in [0.25, 0.3) is 0 Å². The Hall–Kier alpha value is -1.59. The van der Waals surface area contributed by atoms with Gasteiger partial charge in [-0.05, 0) is 12.1 Å². The lowest BCUT2D eigenvalue weighted by Gasteiger charge is -2.21. The molecule has 1 amide bonds. The van der Waals surface area contributed by atoms with E-state index >= 15 is 0 Å². The molecule has 1 aromatic rings. The van der Waals surface area contributed by atoms with Crippen LogP contribution in [-0.2, 0) is 4.79 Å². The number of ether oxygens (including phenoxy) is 1. The Balaban J connectivity index is 0.00000324. The van der Waals surface area contributed by atoms with E-state index in [0.29, 0.717) is 11.0 Å². The van der Waals surface area contributed by atoms with Crippen LogP contribution in [0, 0.1) is 0 Å². The molecule has 0 saturated carbocycles. The molecule has 1 N–H and O–H groups in total. The van der Waals surface area contributed by atoms with Gasteiger partial charge in [0.25, 0.3) is 5.91 Å². The van der Waals surface area contributed by atoms with E-state index in [1.54, 1.807) is 13.3 Å². The van der Waals surface area contributed by atoms with Crippen LogP contribution in [0.3, 0.4) is 0 Å². The molecule has 0 fully saturated rings. The van der Waals surface area contributed by atoms with Gasteiger partial charge in [0.1, 0.15) is 5.75 Å². The number of likely N-dealkylation sites (N-methyl/N-ethyl adjacent to an activating group) is 1. The van der Waals surface area contributed by atoms with E-state index in [0.717, 1.165) is 11.3 Å². The molecule has 0 aliphatic rings. The lowest BCUT2D eigenvalue weighted by atomic mass is 10.2. The van der Waals surface area contributed by atoms with E-state index in [2.05, 4.69) is 10.5 Å². The number of amides is 1. The molecule has 0 unspecified atom stereocenters. The van der Waals surface area contributed by atoms with Crippen molar-refractivity contribution in [3.8, 4) is 5.75 Å². The van der Waals surface area contributed by atoms with Crippen LogP contribution in [0.4, 0.5) is 0 Å². The fraction of sp³-hybridized carbons (Fsp3) is 0.385. The van der Waals surface area contributed by atoms with Gasteiger partial charge in [-0.15, -0.1) is 0 Å². The SMILES string of the molecule is COc1ccccc1/C=N\NC(=O)C[N+](C)(C)C.[Cl-]. The van der Waals surface area contributed by atoms with Crippen molar-refractivity contribution in [1.29, 1.82) is 0 Å². The highest BCUT2D eigenvalue weighted by atomic mass is 35.5. The normalized spacial score (nSPS) is 10.9. The molecule has 0 heterocycles. The molecule has 5 nitrogen and oxygen atoms in total. The van der Waals surface area contributed by atoms with Crippen LogP contribution in [0.15, 0.2) is 29.4 Å². The summed E-state index contributed by atoms with van der Waals surface area (Å²) in [7, 11) is 7.44. The van der Waals surface area contributed by atoms with E-state index < -0.39 is 0 Å². The third kappa shape index (κ3) is 6.79. The molecule has 19 heavy (non-hydrogen) atoms. The minimum Gasteiger partial charge on any atom is -1.00 e. The molecule has 6 heteroatoms. The topological polar surface area (TPSA) is 50.7 Å². The first-order valence-corrected chi connectivity index (χ1v) is 5.68. The summed E-state index contributed by atoms with van der Waals surface area (Å²) in [6, 6.07) is 7.48. The monoisotopic (exact) mass is 285 g/mol. The summed E-state index contributed by atoms with van der Waals surface area (Å²) < 4.78 is 5.74. The summed E-state index contributed by atoms with van der Waals surface area (Å²) in [4.78, 5) is 11.5. The van der Waals surface area contributed by atoms with Gasteiger partial charge in [-0.25, -0.2) is 5.43 Å². The van der Waals surface area contributed by atoms with Crippen LogP contribution in [0.5, 0.6) is 5.75 Å². The molecule has 0 atom stereocenters. The number of para-hydroxylation sites is 1. The number of carbonyl (C=O) groups excluding carboxylic acids is 1. The van der Waals surface area contributed by atoms with Crippen LogP contribution in [0.2, 0.25) is 0 Å². The number of rotatable bonds is 5. The number of methoxy groups -OCH3 is 1. The predicted molar refractivity (Wildman–Crippen MR) is 71.6 cm³/mol. The first-order chi connectivity index (χ1) is 8.42. The molecule has 0 saturated heterocycles. The summed E-state index contributed by atoms with van der Waals surface area (Å²) in [5.74, 6) is 0.607. The lowest BCUT2D eigenvalue weighted by molar-refractivity contribution is -0.862. The molecule has 0 radical (unpaired) electrons. The second-order valence-corrected chi connectivity index (χ2v) is 4.98. The maximum atomic E-state index is 11.5. The second kappa shape index (κ2) is 7.76. The Morgan fingerprint density at radius 3 is 2.58 bits per heavy atom. The smallest absolute Gasteiger partial charge is 0.295 e. The highest BCUT2D eigenvalue weighted by Gasteiger charge is 2.13. The first kappa shape index (κ1) is 17.4. The average molecular weight is 286 g/mol. The Morgan fingerprint density at radius 1 is 1.37 bits per heavy atom. The lowest BCUT2D eigenvalue weighted by Crippen LogP contribution is -3.00. The number of hydrogen-bond acceptors (Lipinski definition) is 3. The third-order valence-electron chi connectivity index (χ3n) is 2.15. The van der Waals surface area contributed by atoms with Crippen molar-refractivity contribution >= 4 is 12.1 Å². The Kier molecular flexibility index (Phi) is 7.11. The molecule has 0 spiro atoms. The number of nitrogens with one attached hydrogen (secondary N) is 1. The minimum absolute atomic E-state index is 0. The number of quaternary nitrogens is 1. The molecule has 1 rings (SSSR count). The second-order valence-electron chi connectivity index (χ2n) is 4.98. The van der Waals surface area contributed by atoms with Gasteiger partial charge in [0.15, 0.2) is 6.54 Å². The molecule has 0 bridgehead atoms. The predicted octanol–water partition coefficient (Wildman–Crippen LogP) is -2.14.